The third kappa shape index (κ3) is 2.39. The molecule has 0 aliphatic heterocycles. The van der Waals surface area contributed by atoms with Gasteiger partial charge in [-0.15, -0.1) is 5.10 Å². The molecule has 1 aromatic heterocycles. The van der Waals surface area contributed by atoms with Crippen molar-refractivity contribution in [2.75, 3.05) is 0 Å². The average molecular weight is 282 g/mol. The number of carbonyl (C=O) groups is 1. The predicted octanol–water partition coefficient (Wildman–Crippen LogP) is 1.97. The van der Waals surface area contributed by atoms with E-state index in [0.717, 1.165) is 9.25 Å². The van der Waals surface area contributed by atoms with Crippen LogP contribution in [-0.2, 0) is 0 Å². The molecule has 6 nitrogen and oxygen atoms in total. The van der Waals surface area contributed by atoms with Crippen LogP contribution in [0.2, 0.25) is 5.02 Å². The lowest BCUT2D eigenvalue weighted by molar-refractivity contribution is 0.0675. The van der Waals surface area contributed by atoms with Gasteiger partial charge in [0.25, 0.3) is 0 Å². The molecule has 2 aromatic rings. The summed E-state index contributed by atoms with van der Waals surface area (Å²) in [7, 11) is 0. The number of carboxylic acid groups (broad SMARTS) is 1. The molecule has 0 aliphatic rings. The summed E-state index contributed by atoms with van der Waals surface area (Å²) in [6, 6.07) is 6.13. The summed E-state index contributed by atoms with van der Waals surface area (Å²) >= 11 is 5.77. The highest BCUT2D eigenvalue weighted by Gasteiger charge is 2.21. The van der Waals surface area contributed by atoms with Gasteiger partial charge in [0, 0.05) is 11.1 Å². The Hall–Kier alpha value is -2.08. The molecule has 1 N–H and O–H groups in total. The topological polar surface area (TPSA) is 77.1 Å². The van der Waals surface area contributed by atoms with E-state index in [0.29, 0.717) is 10.7 Å². The largest absolute Gasteiger partial charge is 0.475 e. The molecule has 0 amide bonds. The zero-order valence-electron chi connectivity index (χ0n) is 10.4. The summed E-state index contributed by atoms with van der Waals surface area (Å²) in [6.07, 6.45) is 0. The SMILES string of the molecule is CC(C)n1c(C(=O)O)nn(-c2ccc(Cl)cc2)c1=O. The van der Waals surface area contributed by atoms with Crippen LogP contribution in [0.3, 0.4) is 0 Å². The number of hydrogen-bond donors (Lipinski definition) is 1. The molecular weight excluding hydrogens is 270 g/mol. The van der Waals surface area contributed by atoms with E-state index in [1.54, 1.807) is 38.1 Å². The van der Waals surface area contributed by atoms with Crippen molar-refractivity contribution in [3.05, 3.63) is 45.6 Å². The van der Waals surface area contributed by atoms with Crippen molar-refractivity contribution >= 4 is 17.6 Å². The van der Waals surface area contributed by atoms with E-state index in [1.165, 1.54) is 0 Å². The summed E-state index contributed by atoms with van der Waals surface area (Å²) in [4.78, 5) is 23.3. The first kappa shape index (κ1) is 13.4. The van der Waals surface area contributed by atoms with Crippen molar-refractivity contribution in [1.29, 1.82) is 0 Å². The van der Waals surface area contributed by atoms with Crippen molar-refractivity contribution in [2.45, 2.75) is 19.9 Å². The fraction of sp³-hybridized carbons (Fsp3) is 0.250. The Balaban J connectivity index is 2.66. The smallest absolute Gasteiger partial charge is 0.374 e. The van der Waals surface area contributed by atoms with Gasteiger partial charge in [0.15, 0.2) is 0 Å². The molecule has 0 saturated carbocycles. The maximum absolute atomic E-state index is 12.2. The number of aromatic carboxylic acids is 1. The Labute approximate surface area is 113 Å². The van der Waals surface area contributed by atoms with Crippen LogP contribution in [-0.4, -0.2) is 25.4 Å². The van der Waals surface area contributed by atoms with Gasteiger partial charge in [-0.1, -0.05) is 11.6 Å². The lowest BCUT2D eigenvalue weighted by Crippen LogP contribution is -2.26. The molecule has 2 rings (SSSR count). The van der Waals surface area contributed by atoms with Crippen molar-refractivity contribution in [2.24, 2.45) is 0 Å². The van der Waals surface area contributed by atoms with Gasteiger partial charge in [-0.05, 0) is 38.1 Å². The first-order chi connectivity index (χ1) is 8.91. The zero-order chi connectivity index (χ0) is 14.2. The Morgan fingerprint density at radius 1 is 1.32 bits per heavy atom. The molecule has 0 aliphatic carbocycles. The highest BCUT2D eigenvalue weighted by atomic mass is 35.5. The third-order valence-corrected chi connectivity index (χ3v) is 2.84. The molecule has 19 heavy (non-hydrogen) atoms. The van der Waals surface area contributed by atoms with Gasteiger partial charge in [0.05, 0.1) is 5.69 Å². The second-order valence-corrected chi connectivity index (χ2v) is 4.70. The number of rotatable bonds is 3. The molecule has 0 atom stereocenters. The third-order valence-electron chi connectivity index (χ3n) is 2.59. The minimum absolute atomic E-state index is 0.282. The quantitative estimate of drug-likeness (QED) is 0.933. The van der Waals surface area contributed by atoms with Crippen LogP contribution >= 0.6 is 11.6 Å². The Kier molecular flexibility index (Phi) is 3.44. The summed E-state index contributed by atoms with van der Waals surface area (Å²) in [5, 5.41) is 13.5. The number of carboxylic acids is 1. The number of halogens is 1. The Bertz CT molecular complexity index is 671. The molecule has 0 fully saturated rings. The molecule has 0 spiro atoms. The van der Waals surface area contributed by atoms with Crippen LogP contribution in [0, 0.1) is 0 Å². The molecule has 0 saturated heterocycles. The lowest BCUT2D eigenvalue weighted by atomic mass is 10.3. The van der Waals surface area contributed by atoms with Crippen LogP contribution in [0.25, 0.3) is 5.69 Å². The van der Waals surface area contributed by atoms with E-state index in [9.17, 15) is 9.59 Å². The van der Waals surface area contributed by atoms with Crippen LogP contribution in [0.1, 0.15) is 30.5 Å². The zero-order valence-corrected chi connectivity index (χ0v) is 11.1. The molecule has 7 heteroatoms. The lowest BCUT2D eigenvalue weighted by Gasteiger charge is -2.05. The van der Waals surface area contributed by atoms with Gasteiger partial charge < -0.3 is 5.11 Å². The van der Waals surface area contributed by atoms with E-state index in [4.69, 9.17) is 16.7 Å². The fourth-order valence-corrected chi connectivity index (χ4v) is 1.87. The van der Waals surface area contributed by atoms with Crippen LogP contribution < -0.4 is 5.69 Å². The van der Waals surface area contributed by atoms with E-state index < -0.39 is 11.7 Å². The normalized spacial score (nSPS) is 10.9. The van der Waals surface area contributed by atoms with Crippen molar-refractivity contribution in [3.8, 4) is 5.69 Å². The second kappa shape index (κ2) is 4.89. The van der Waals surface area contributed by atoms with Gasteiger partial charge in [0.2, 0.25) is 5.82 Å². The molecule has 1 aromatic carbocycles. The predicted molar refractivity (Wildman–Crippen MR) is 70.2 cm³/mol. The van der Waals surface area contributed by atoms with E-state index in [1.807, 2.05) is 0 Å². The number of benzene rings is 1. The van der Waals surface area contributed by atoms with Gasteiger partial charge in [-0.3, -0.25) is 4.57 Å². The number of hydrogen-bond acceptors (Lipinski definition) is 3. The molecule has 0 bridgehead atoms. The maximum atomic E-state index is 12.2. The van der Waals surface area contributed by atoms with Crippen LogP contribution in [0.15, 0.2) is 29.1 Å². The highest BCUT2D eigenvalue weighted by molar-refractivity contribution is 6.30. The first-order valence-electron chi connectivity index (χ1n) is 5.62. The van der Waals surface area contributed by atoms with Crippen LogP contribution in [0.4, 0.5) is 0 Å². The molecular formula is C12H12ClN3O3. The second-order valence-electron chi connectivity index (χ2n) is 4.26. The molecule has 100 valence electrons. The summed E-state index contributed by atoms with van der Waals surface area (Å²) in [5.74, 6) is -1.52. The van der Waals surface area contributed by atoms with Gasteiger partial charge in [-0.2, -0.15) is 4.68 Å². The Morgan fingerprint density at radius 2 is 1.89 bits per heavy atom. The summed E-state index contributed by atoms with van der Waals surface area (Å²) in [5.41, 5.74) is -0.0222. The van der Waals surface area contributed by atoms with Gasteiger partial charge >= 0.3 is 11.7 Å². The number of nitrogens with zero attached hydrogens (tertiary/aromatic N) is 3. The molecule has 0 radical (unpaired) electrons. The van der Waals surface area contributed by atoms with E-state index >= 15 is 0 Å². The van der Waals surface area contributed by atoms with Crippen molar-refractivity contribution in [3.63, 3.8) is 0 Å². The minimum atomic E-state index is -1.24. The maximum Gasteiger partial charge on any atom is 0.374 e. The van der Waals surface area contributed by atoms with E-state index in [-0.39, 0.29) is 11.9 Å². The summed E-state index contributed by atoms with van der Waals surface area (Å²) in [6.45, 7) is 3.45. The molecule has 1 heterocycles. The van der Waals surface area contributed by atoms with Gasteiger partial charge in [-0.25, -0.2) is 9.59 Å². The van der Waals surface area contributed by atoms with Crippen molar-refractivity contribution in [1.82, 2.24) is 14.3 Å². The minimum Gasteiger partial charge on any atom is -0.475 e. The summed E-state index contributed by atoms with van der Waals surface area (Å²) < 4.78 is 2.19. The average Bonchev–Trinajstić information content (AvgIpc) is 2.68. The number of aromatic nitrogens is 3. The van der Waals surface area contributed by atoms with Crippen LogP contribution in [0.5, 0.6) is 0 Å². The fourth-order valence-electron chi connectivity index (χ4n) is 1.74. The Morgan fingerprint density at radius 3 is 2.32 bits per heavy atom. The van der Waals surface area contributed by atoms with E-state index in [2.05, 4.69) is 5.10 Å². The molecule has 0 unspecified atom stereocenters. The highest BCUT2D eigenvalue weighted by Crippen LogP contribution is 2.13. The standard InChI is InChI=1S/C12H12ClN3O3/c1-7(2)15-10(11(17)18)14-16(12(15)19)9-5-3-8(13)4-6-9/h3-7H,1-2H3,(H,17,18). The van der Waals surface area contributed by atoms with Gasteiger partial charge in [0.1, 0.15) is 0 Å². The first-order valence-corrected chi connectivity index (χ1v) is 6.00. The monoisotopic (exact) mass is 281 g/mol. The van der Waals surface area contributed by atoms with Crippen molar-refractivity contribution < 1.29 is 9.90 Å².